The number of piperidine rings is 1. The molecular weight excluding hydrogens is 950 g/mol. The molecule has 3 heterocycles. The molecule has 14 nitrogen and oxygen atoms in total. The molecule has 3 aromatic rings. The van der Waals surface area contributed by atoms with Gasteiger partial charge in [-0.05, 0) is 108 Å². The van der Waals surface area contributed by atoms with Crippen LogP contribution in [0.25, 0.3) is 33.4 Å². The number of benzene rings is 4. The molecule has 2 bridgehead atoms. The van der Waals surface area contributed by atoms with Gasteiger partial charge in [-0.1, -0.05) is 41.8 Å². The van der Waals surface area contributed by atoms with Crippen LogP contribution in [0.15, 0.2) is 87.0 Å². The van der Waals surface area contributed by atoms with Gasteiger partial charge < -0.3 is 19.4 Å². The number of anilines is 1. The summed E-state index contributed by atoms with van der Waals surface area (Å²) in [5.41, 5.74) is 3.59. The zero-order valence-electron chi connectivity index (χ0n) is 39.3. The maximum Gasteiger partial charge on any atom is 0.310 e. The second kappa shape index (κ2) is 22.0. The third-order valence-corrected chi connectivity index (χ3v) is 16.8. The van der Waals surface area contributed by atoms with E-state index in [1.54, 1.807) is 6.07 Å². The predicted octanol–water partition coefficient (Wildman–Crippen LogP) is 8.18. The molecule has 4 aliphatic rings. The molecule has 0 aromatic heterocycles. The number of nitrogens with one attached hydrogen (secondary N) is 2. The molecule has 3 aliphatic heterocycles. The van der Waals surface area contributed by atoms with Gasteiger partial charge in [0.1, 0.15) is 29.3 Å². The van der Waals surface area contributed by atoms with Crippen LogP contribution < -0.4 is 24.9 Å². The summed E-state index contributed by atoms with van der Waals surface area (Å²) in [4.78, 5) is 29.6. The average molecular weight is 1010 g/mol. The van der Waals surface area contributed by atoms with Crippen LogP contribution in [0, 0.1) is 5.92 Å². The smallest absolute Gasteiger partial charge is 0.310 e. The van der Waals surface area contributed by atoms with E-state index in [1.165, 1.54) is 19.2 Å². The van der Waals surface area contributed by atoms with Gasteiger partial charge in [-0.2, -0.15) is 8.42 Å². The van der Waals surface area contributed by atoms with Gasteiger partial charge in [0.15, 0.2) is 0 Å². The van der Waals surface area contributed by atoms with Gasteiger partial charge in [-0.25, -0.2) is 17.7 Å². The van der Waals surface area contributed by atoms with Crippen LogP contribution in [0.3, 0.4) is 0 Å². The molecule has 2 saturated heterocycles. The van der Waals surface area contributed by atoms with Gasteiger partial charge in [0.2, 0.25) is 21.3 Å². The summed E-state index contributed by atoms with van der Waals surface area (Å²) in [7, 11) is -7.75. The molecule has 1 aliphatic carbocycles. The van der Waals surface area contributed by atoms with Crippen molar-refractivity contribution in [1.29, 1.82) is 0 Å². The molecule has 3 N–H and O–H groups in total. The Bertz CT molecular complexity index is 2920. The van der Waals surface area contributed by atoms with E-state index in [9.17, 15) is 31.0 Å². The fourth-order valence-corrected chi connectivity index (χ4v) is 12.5. The van der Waals surface area contributed by atoms with Gasteiger partial charge in [-0.15, -0.1) is 0 Å². The van der Waals surface area contributed by atoms with Gasteiger partial charge in [-0.3, -0.25) is 19.0 Å². The largest absolute Gasteiger partial charge is 0.469 e. The Morgan fingerprint density at radius 1 is 0.868 bits per heavy atom. The number of unbranched alkanes of at least 4 members (excludes halogenated alkanes) is 2. The highest BCUT2D eigenvalue weighted by molar-refractivity contribution is 7.89. The highest BCUT2D eigenvalue weighted by Gasteiger charge is 2.51. The van der Waals surface area contributed by atoms with E-state index in [2.05, 4.69) is 52.1 Å². The van der Waals surface area contributed by atoms with E-state index in [-0.39, 0.29) is 59.2 Å². The predicted molar refractivity (Wildman–Crippen MR) is 268 cm³/mol. The van der Waals surface area contributed by atoms with E-state index in [1.807, 2.05) is 48.5 Å². The van der Waals surface area contributed by atoms with Crippen molar-refractivity contribution in [1.82, 2.24) is 19.5 Å². The van der Waals surface area contributed by atoms with Crippen LogP contribution in [0.1, 0.15) is 84.1 Å². The first-order chi connectivity index (χ1) is 32.5. The number of hydrogen-bond donors (Lipinski definition) is 3. The van der Waals surface area contributed by atoms with Crippen molar-refractivity contribution in [2.24, 2.45) is 5.92 Å². The summed E-state index contributed by atoms with van der Waals surface area (Å²) in [5.74, 6) is -0.315. The Balaban J connectivity index is 0.982. The SMILES string of the molecule is CCN(CC)c1ccc2c(-c3ccc(S(=O)(=O)NCCCCCC(=O)NCCN4C5CCC4[C@@H](C(=O)OC)[C@@H](c4ccc(Cl)c(Cl)c4)C5)cc3S(=O)(=O)O)c3ccc(=[N+](CC)CC)cc-3oc2c1. The zero-order chi connectivity index (χ0) is 48.9. The quantitative estimate of drug-likeness (QED) is 0.0225. The van der Waals surface area contributed by atoms with E-state index in [4.69, 9.17) is 32.4 Å². The lowest BCUT2D eigenvalue weighted by molar-refractivity contribution is -0.150. The lowest BCUT2D eigenvalue weighted by Crippen LogP contribution is -2.52. The Morgan fingerprint density at radius 3 is 2.31 bits per heavy atom. The van der Waals surface area contributed by atoms with Gasteiger partial charge >= 0.3 is 5.97 Å². The molecule has 0 spiro atoms. The van der Waals surface area contributed by atoms with E-state index >= 15 is 0 Å². The summed E-state index contributed by atoms with van der Waals surface area (Å²) in [6.45, 7) is 12.3. The van der Waals surface area contributed by atoms with Crippen molar-refractivity contribution in [2.45, 2.75) is 100 Å². The van der Waals surface area contributed by atoms with Crippen LogP contribution in [-0.4, -0.2) is 103 Å². The molecule has 68 heavy (non-hydrogen) atoms. The lowest BCUT2D eigenvalue weighted by Gasteiger charge is -2.43. The second-order valence-corrected chi connectivity index (χ2v) is 21.4. The number of ether oxygens (including phenoxy) is 1. The Hall–Kier alpha value is -4.55. The highest BCUT2D eigenvalue weighted by atomic mass is 35.5. The van der Waals surface area contributed by atoms with Gasteiger partial charge in [0.05, 0.1) is 34.0 Å². The number of nitrogens with zero attached hydrogens (tertiary/aromatic N) is 3. The summed E-state index contributed by atoms with van der Waals surface area (Å²) in [6, 6.07) is 20.9. The molecule has 366 valence electrons. The molecule has 4 atom stereocenters. The third kappa shape index (κ3) is 11.1. The number of rotatable bonds is 20. The number of hydrogen-bond acceptors (Lipinski definition) is 10. The Kier molecular flexibility index (Phi) is 16.6. The molecule has 1 amide bonds. The topological polar surface area (TPSA) is 179 Å². The fourth-order valence-electron chi connectivity index (χ4n) is 10.3. The van der Waals surface area contributed by atoms with Gasteiger partial charge in [0, 0.05) is 97.0 Å². The number of esters is 1. The minimum absolute atomic E-state index is 0.0299. The van der Waals surface area contributed by atoms with Crippen LogP contribution in [0.5, 0.6) is 0 Å². The maximum atomic E-state index is 13.6. The van der Waals surface area contributed by atoms with Crippen molar-refractivity contribution < 1.29 is 40.1 Å². The summed E-state index contributed by atoms with van der Waals surface area (Å²) in [6.07, 6.45) is 4.32. The average Bonchev–Trinajstić information content (AvgIpc) is 3.59. The molecular formula is C50H62Cl2N5O9S2+. The maximum absolute atomic E-state index is 13.6. The minimum atomic E-state index is -4.95. The molecule has 0 radical (unpaired) electrons. The van der Waals surface area contributed by atoms with Crippen molar-refractivity contribution in [3.05, 3.63) is 93.8 Å². The van der Waals surface area contributed by atoms with Crippen molar-refractivity contribution in [2.75, 3.05) is 57.8 Å². The number of fused-ring (bicyclic) bond motifs is 4. The van der Waals surface area contributed by atoms with Crippen LogP contribution in [-0.2, 0) is 34.5 Å². The van der Waals surface area contributed by atoms with Crippen molar-refractivity contribution >= 4 is 71.9 Å². The lowest BCUT2D eigenvalue weighted by atomic mass is 9.76. The summed E-state index contributed by atoms with van der Waals surface area (Å²) < 4.78 is 80.7. The number of halogens is 2. The Labute approximate surface area is 409 Å². The van der Waals surface area contributed by atoms with E-state index in [0.717, 1.165) is 68.1 Å². The van der Waals surface area contributed by atoms with Crippen LogP contribution >= 0.6 is 23.2 Å². The summed E-state index contributed by atoms with van der Waals surface area (Å²) >= 11 is 12.5. The summed E-state index contributed by atoms with van der Waals surface area (Å²) in [5, 5.41) is 5.43. The number of sulfonamides is 1. The normalized spacial score (nSPS) is 18.5. The van der Waals surface area contributed by atoms with Crippen molar-refractivity contribution in [3.8, 4) is 22.5 Å². The fraction of sp³-hybridized carbons (Fsp3) is 0.460. The van der Waals surface area contributed by atoms with E-state index in [0.29, 0.717) is 70.3 Å². The van der Waals surface area contributed by atoms with Gasteiger partial charge in [0.25, 0.3) is 10.1 Å². The van der Waals surface area contributed by atoms with E-state index < -0.39 is 25.0 Å². The Morgan fingerprint density at radius 2 is 1.62 bits per heavy atom. The number of methoxy groups -OCH3 is 1. The first kappa shape index (κ1) is 51.3. The van der Waals surface area contributed by atoms with Crippen LogP contribution in [0.4, 0.5) is 5.69 Å². The monoisotopic (exact) mass is 1010 g/mol. The first-order valence-corrected chi connectivity index (χ1v) is 27.2. The molecule has 18 heteroatoms. The molecule has 3 aromatic carbocycles. The van der Waals surface area contributed by atoms with Crippen LogP contribution in [0.2, 0.25) is 10.0 Å². The number of amides is 1. The highest BCUT2D eigenvalue weighted by Crippen LogP contribution is 2.48. The number of carbonyl (C=O) groups excluding carboxylic acids is 2. The number of carbonyl (C=O) groups is 2. The standard InChI is InChI=1S/C50H61Cl2N5O9S2/c1-6-55(7-2)33-15-19-37-44(29-33)66-45-30-34(56(8-3)9-4)16-20-38(45)48(37)39-21-18-36(31-46(39)68(62,63)64)67(60,61)54-24-12-10-11-13-47(58)53-25-26-57-35-17-23-43(57)49(50(59)65-5)40(28-35)32-14-22-41(51)42(52)27-32/h14-16,18-22,27,29-31,35,40,43,49,54H,6-13,17,23-26,28H2,1-5H3,(H-,53,58,62,63,64)/p+1/t35?,40-,43?,49+/m1/s1. The molecule has 2 unspecified atom stereocenters. The van der Waals surface area contributed by atoms with Crippen molar-refractivity contribution in [3.63, 3.8) is 0 Å². The molecule has 0 saturated carbocycles. The molecule has 2 fully saturated rings. The minimum Gasteiger partial charge on any atom is -0.469 e. The zero-order valence-corrected chi connectivity index (χ0v) is 42.4. The first-order valence-electron chi connectivity index (χ1n) is 23.5. The second-order valence-electron chi connectivity index (χ2n) is 17.5. The molecule has 7 rings (SSSR count). The third-order valence-electron chi connectivity index (χ3n) is 13.7.